The molecule has 0 bridgehead atoms. The molecule has 1 aromatic rings. The van der Waals surface area contributed by atoms with Crippen molar-refractivity contribution in [3.05, 3.63) is 23.3 Å². The van der Waals surface area contributed by atoms with E-state index in [0.29, 0.717) is 18.7 Å². The lowest BCUT2D eigenvalue weighted by molar-refractivity contribution is -0.138. The van der Waals surface area contributed by atoms with Crippen molar-refractivity contribution >= 4 is 0 Å². The summed E-state index contributed by atoms with van der Waals surface area (Å²) in [7, 11) is 2.79. The molecule has 0 radical (unpaired) electrons. The van der Waals surface area contributed by atoms with Gasteiger partial charge in [0.05, 0.1) is 19.8 Å². The molecule has 20 heavy (non-hydrogen) atoms. The minimum atomic E-state index is -4.41. The Balaban J connectivity index is 2.57. The molecule has 1 aromatic carbocycles. The summed E-state index contributed by atoms with van der Waals surface area (Å²) in [4.78, 5) is 0. The Hall–Kier alpha value is -1.43. The first-order valence-corrected chi connectivity index (χ1v) is 6.54. The molecule has 1 atom stereocenters. The van der Waals surface area contributed by atoms with Crippen LogP contribution in [0, 0.1) is 0 Å². The third-order valence-electron chi connectivity index (χ3n) is 3.55. The topological polar surface area (TPSA) is 30.5 Å². The zero-order chi connectivity index (χ0) is 14.8. The van der Waals surface area contributed by atoms with Crippen molar-refractivity contribution in [1.82, 2.24) is 5.32 Å². The number of benzene rings is 1. The van der Waals surface area contributed by atoms with E-state index < -0.39 is 11.7 Å². The highest BCUT2D eigenvalue weighted by Gasteiger charge is 2.38. The van der Waals surface area contributed by atoms with Crippen LogP contribution in [0.25, 0.3) is 0 Å². The molecule has 1 unspecified atom stereocenters. The van der Waals surface area contributed by atoms with Crippen LogP contribution in [0.3, 0.4) is 0 Å². The van der Waals surface area contributed by atoms with Gasteiger partial charge in [-0.1, -0.05) is 6.42 Å². The van der Waals surface area contributed by atoms with Gasteiger partial charge in [0, 0.05) is 11.6 Å². The van der Waals surface area contributed by atoms with E-state index in [4.69, 9.17) is 9.47 Å². The van der Waals surface area contributed by atoms with Crippen molar-refractivity contribution in [1.29, 1.82) is 0 Å². The summed E-state index contributed by atoms with van der Waals surface area (Å²) >= 11 is 0. The molecule has 0 spiro atoms. The molecule has 0 aliphatic carbocycles. The second-order valence-electron chi connectivity index (χ2n) is 4.76. The highest BCUT2D eigenvalue weighted by atomic mass is 19.4. The summed E-state index contributed by atoms with van der Waals surface area (Å²) in [5.41, 5.74) is -0.506. The Kier molecular flexibility index (Phi) is 4.42. The average molecular weight is 289 g/mol. The monoisotopic (exact) mass is 289 g/mol. The minimum absolute atomic E-state index is 0.152. The van der Waals surface area contributed by atoms with E-state index in [0.717, 1.165) is 18.9 Å². The lowest BCUT2D eigenvalue weighted by Crippen LogP contribution is -2.29. The normalized spacial score (nSPS) is 19.8. The summed E-state index contributed by atoms with van der Waals surface area (Å²) in [5.74, 6) is 0.490. The molecule has 1 saturated heterocycles. The van der Waals surface area contributed by atoms with Gasteiger partial charge < -0.3 is 14.8 Å². The van der Waals surface area contributed by atoms with Gasteiger partial charge in [0.1, 0.15) is 0 Å². The number of hydrogen-bond acceptors (Lipinski definition) is 3. The first kappa shape index (κ1) is 15.0. The van der Waals surface area contributed by atoms with E-state index >= 15 is 0 Å². The summed E-state index contributed by atoms with van der Waals surface area (Å²) in [6.07, 6.45) is -1.87. The number of alkyl halides is 3. The summed E-state index contributed by atoms with van der Waals surface area (Å²) in [6.45, 7) is 0.711. The number of hydrogen-bond donors (Lipinski definition) is 1. The third kappa shape index (κ3) is 2.85. The van der Waals surface area contributed by atoms with Crippen molar-refractivity contribution in [3.63, 3.8) is 0 Å². The fourth-order valence-electron chi connectivity index (χ4n) is 2.64. The first-order valence-electron chi connectivity index (χ1n) is 6.54. The van der Waals surface area contributed by atoms with Crippen LogP contribution in [-0.4, -0.2) is 20.8 Å². The van der Waals surface area contributed by atoms with Gasteiger partial charge in [-0.05, 0) is 31.5 Å². The van der Waals surface area contributed by atoms with Crippen LogP contribution in [-0.2, 0) is 6.18 Å². The molecule has 112 valence electrons. The van der Waals surface area contributed by atoms with E-state index in [1.165, 1.54) is 20.3 Å². The van der Waals surface area contributed by atoms with Gasteiger partial charge >= 0.3 is 6.18 Å². The van der Waals surface area contributed by atoms with Crippen LogP contribution in [0.5, 0.6) is 11.5 Å². The number of ether oxygens (including phenoxy) is 2. The van der Waals surface area contributed by atoms with E-state index in [2.05, 4.69) is 5.32 Å². The first-order chi connectivity index (χ1) is 9.49. The fourth-order valence-corrected chi connectivity index (χ4v) is 2.64. The molecule has 1 heterocycles. The maximum absolute atomic E-state index is 13.2. The maximum Gasteiger partial charge on any atom is 0.416 e. The highest BCUT2D eigenvalue weighted by Crippen LogP contribution is 2.45. The van der Waals surface area contributed by atoms with Crippen LogP contribution in [0.4, 0.5) is 13.2 Å². The fraction of sp³-hybridized carbons (Fsp3) is 0.571. The Labute approximate surface area is 116 Å². The number of methoxy groups -OCH3 is 2. The van der Waals surface area contributed by atoms with Gasteiger partial charge in [-0.25, -0.2) is 0 Å². The van der Waals surface area contributed by atoms with E-state index in [9.17, 15) is 13.2 Å². The lowest BCUT2D eigenvalue weighted by Gasteiger charge is -2.28. The molecule has 0 amide bonds. The lowest BCUT2D eigenvalue weighted by atomic mass is 9.92. The standard InChI is InChI=1S/C14H18F3NO2/c1-19-11-7-6-9(14(15,16)17)12(13(11)20-2)10-5-3-4-8-18-10/h6-7,10,18H,3-5,8H2,1-2H3. The molecule has 0 saturated carbocycles. The van der Waals surface area contributed by atoms with Gasteiger partial charge in [0.25, 0.3) is 0 Å². The predicted molar refractivity (Wildman–Crippen MR) is 69.1 cm³/mol. The molecule has 3 nitrogen and oxygen atoms in total. The number of piperidine rings is 1. The quantitative estimate of drug-likeness (QED) is 0.923. The molecule has 0 aromatic heterocycles. The average Bonchev–Trinajstić information content (AvgIpc) is 2.45. The predicted octanol–water partition coefficient (Wildman–Crippen LogP) is 3.54. The zero-order valence-electron chi connectivity index (χ0n) is 11.5. The van der Waals surface area contributed by atoms with Gasteiger partial charge in [-0.15, -0.1) is 0 Å². The summed E-state index contributed by atoms with van der Waals surface area (Å²) in [6, 6.07) is 2.01. The van der Waals surface area contributed by atoms with Crippen molar-refractivity contribution in [2.75, 3.05) is 20.8 Å². The molecule has 6 heteroatoms. The second kappa shape index (κ2) is 5.91. The Bertz CT molecular complexity index is 468. The third-order valence-corrected chi connectivity index (χ3v) is 3.55. The van der Waals surface area contributed by atoms with Gasteiger partial charge in [-0.2, -0.15) is 13.2 Å². The van der Waals surface area contributed by atoms with Gasteiger partial charge in [0.15, 0.2) is 11.5 Å². The molecule has 1 aliphatic rings. The summed E-state index contributed by atoms with van der Waals surface area (Å²) < 4.78 is 50.0. The molecule has 1 fully saturated rings. The number of nitrogens with one attached hydrogen (secondary N) is 1. The molecule has 1 aliphatic heterocycles. The zero-order valence-corrected chi connectivity index (χ0v) is 11.5. The number of halogens is 3. The van der Waals surface area contributed by atoms with E-state index in [-0.39, 0.29) is 17.4 Å². The van der Waals surface area contributed by atoms with Crippen molar-refractivity contribution < 1.29 is 22.6 Å². The Morgan fingerprint density at radius 3 is 2.40 bits per heavy atom. The van der Waals surface area contributed by atoms with Crippen molar-refractivity contribution in [2.45, 2.75) is 31.5 Å². The molecular formula is C14H18F3NO2. The highest BCUT2D eigenvalue weighted by molar-refractivity contribution is 5.53. The smallest absolute Gasteiger partial charge is 0.416 e. The van der Waals surface area contributed by atoms with E-state index in [1.807, 2.05) is 0 Å². The van der Waals surface area contributed by atoms with Crippen molar-refractivity contribution in [2.24, 2.45) is 0 Å². The molecular weight excluding hydrogens is 271 g/mol. The van der Waals surface area contributed by atoms with Crippen LogP contribution < -0.4 is 14.8 Å². The molecule has 1 N–H and O–H groups in total. The van der Waals surface area contributed by atoms with Crippen LogP contribution in [0.2, 0.25) is 0 Å². The second-order valence-corrected chi connectivity index (χ2v) is 4.76. The van der Waals surface area contributed by atoms with Gasteiger partial charge in [-0.3, -0.25) is 0 Å². The largest absolute Gasteiger partial charge is 0.493 e. The SMILES string of the molecule is COc1ccc(C(F)(F)F)c(C2CCCCN2)c1OC. The molecule has 2 rings (SSSR count). The Morgan fingerprint density at radius 1 is 1.15 bits per heavy atom. The maximum atomic E-state index is 13.2. The van der Waals surface area contributed by atoms with Crippen LogP contribution in [0.1, 0.15) is 36.4 Å². The van der Waals surface area contributed by atoms with Crippen molar-refractivity contribution in [3.8, 4) is 11.5 Å². The van der Waals surface area contributed by atoms with E-state index in [1.54, 1.807) is 0 Å². The summed E-state index contributed by atoms with van der Waals surface area (Å²) in [5, 5.41) is 3.14. The minimum Gasteiger partial charge on any atom is -0.493 e. The van der Waals surface area contributed by atoms with Gasteiger partial charge in [0.2, 0.25) is 0 Å². The Morgan fingerprint density at radius 2 is 1.90 bits per heavy atom. The van der Waals surface area contributed by atoms with Crippen LogP contribution in [0.15, 0.2) is 12.1 Å². The van der Waals surface area contributed by atoms with Crippen LogP contribution >= 0.6 is 0 Å². The number of rotatable bonds is 3.